The van der Waals surface area contributed by atoms with Gasteiger partial charge in [-0.2, -0.15) is 4.39 Å². The number of nitrogens with zero attached hydrogens (tertiary/aromatic N) is 2. The molecule has 0 radical (unpaired) electrons. The van der Waals surface area contributed by atoms with E-state index < -0.39 is 5.95 Å². The van der Waals surface area contributed by atoms with Crippen LogP contribution in [0.3, 0.4) is 0 Å². The largest absolute Gasteiger partial charge is 0.298 e. The standard InChI is InChI=1S/C5H5FN2O/c1-8-2-4(3-9)5(6)7-8/h2-3H,1H3. The molecule has 4 heteroatoms. The van der Waals surface area contributed by atoms with Gasteiger partial charge in [0.25, 0.3) is 0 Å². The van der Waals surface area contributed by atoms with Crippen LogP contribution < -0.4 is 0 Å². The Balaban J connectivity index is 3.15. The maximum atomic E-state index is 12.2. The molecule has 0 atom stereocenters. The van der Waals surface area contributed by atoms with Gasteiger partial charge < -0.3 is 0 Å². The fourth-order valence-electron chi connectivity index (χ4n) is 0.559. The van der Waals surface area contributed by atoms with Crippen molar-refractivity contribution < 1.29 is 9.18 Å². The Morgan fingerprint density at radius 3 is 2.78 bits per heavy atom. The number of aldehydes is 1. The predicted molar refractivity (Wildman–Crippen MR) is 28.6 cm³/mol. The Labute approximate surface area is 51.1 Å². The van der Waals surface area contributed by atoms with Gasteiger partial charge in [-0.05, 0) is 0 Å². The molecule has 0 aliphatic heterocycles. The lowest BCUT2D eigenvalue weighted by Gasteiger charge is -1.77. The Morgan fingerprint density at radius 2 is 2.56 bits per heavy atom. The number of aromatic nitrogens is 2. The third kappa shape index (κ3) is 0.960. The second-order valence-electron chi connectivity index (χ2n) is 1.67. The van der Waals surface area contributed by atoms with E-state index in [1.165, 1.54) is 10.9 Å². The van der Waals surface area contributed by atoms with E-state index in [-0.39, 0.29) is 5.56 Å². The van der Waals surface area contributed by atoms with Gasteiger partial charge in [-0.25, -0.2) is 0 Å². The van der Waals surface area contributed by atoms with Gasteiger partial charge >= 0.3 is 0 Å². The molecule has 1 aromatic rings. The van der Waals surface area contributed by atoms with Gasteiger partial charge in [-0.15, -0.1) is 5.10 Å². The number of hydrogen-bond donors (Lipinski definition) is 0. The van der Waals surface area contributed by atoms with E-state index in [0.29, 0.717) is 6.29 Å². The van der Waals surface area contributed by atoms with Gasteiger partial charge in [-0.3, -0.25) is 9.48 Å². The summed E-state index contributed by atoms with van der Waals surface area (Å²) in [6, 6.07) is 0. The van der Waals surface area contributed by atoms with Crippen LogP contribution in [-0.4, -0.2) is 16.1 Å². The van der Waals surface area contributed by atoms with Crippen LogP contribution in [0.2, 0.25) is 0 Å². The molecular formula is C5H5FN2O. The molecule has 0 aliphatic rings. The second kappa shape index (κ2) is 1.97. The molecule has 0 saturated heterocycles. The molecule has 0 N–H and O–H groups in total. The first-order chi connectivity index (χ1) is 4.24. The molecule has 1 aromatic heterocycles. The summed E-state index contributed by atoms with van der Waals surface area (Å²) in [6.45, 7) is 0. The summed E-state index contributed by atoms with van der Waals surface area (Å²) < 4.78 is 13.5. The summed E-state index contributed by atoms with van der Waals surface area (Å²) in [5.74, 6) is -0.715. The topological polar surface area (TPSA) is 34.9 Å². The minimum absolute atomic E-state index is 0.00231. The number of aryl methyl sites for hydroxylation is 1. The highest BCUT2D eigenvalue weighted by Gasteiger charge is 2.02. The molecule has 3 nitrogen and oxygen atoms in total. The van der Waals surface area contributed by atoms with Crippen LogP contribution in [0.4, 0.5) is 4.39 Å². The van der Waals surface area contributed by atoms with Crippen LogP contribution in [0.5, 0.6) is 0 Å². The molecule has 48 valence electrons. The monoisotopic (exact) mass is 128 g/mol. The Morgan fingerprint density at radius 1 is 1.89 bits per heavy atom. The molecule has 1 rings (SSSR count). The molecule has 0 aromatic carbocycles. The quantitative estimate of drug-likeness (QED) is 0.512. The van der Waals surface area contributed by atoms with Crippen molar-refractivity contribution in [3.05, 3.63) is 17.7 Å². The van der Waals surface area contributed by atoms with E-state index in [4.69, 9.17) is 0 Å². The van der Waals surface area contributed by atoms with E-state index in [9.17, 15) is 9.18 Å². The van der Waals surface area contributed by atoms with Crippen LogP contribution in [0.15, 0.2) is 6.20 Å². The number of carbonyl (C=O) groups is 1. The number of hydrogen-bond acceptors (Lipinski definition) is 2. The first kappa shape index (κ1) is 5.94. The van der Waals surface area contributed by atoms with Crippen LogP contribution in [0.25, 0.3) is 0 Å². The van der Waals surface area contributed by atoms with Crippen LogP contribution >= 0.6 is 0 Å². The molecule has 0 bridgehead atoms. The zero-order chi connectivity index (χ0) is 6.85. The highest BCUT2D eigenvalue weighted by atomic mass is 19.1. The number of rotatable bonds is 1. The lowest BCUT2D eigenvalue weighted by Crippen LogP contribution is -1.86. The van der Waals surface area contributed by atoms with Crippen LogP contribution in [0.1, 0.15) is 10.4 Å². The van der Waals surface area contributed by atoms with Crippen molar-refractivity contribution in [3.8, 4) is 0 Å². The van der Waals surface area contributed by atoms with Gasteiger partial charge in [-0.1, -0.05) is 0 Å². The van der Waals surface area contributed by atoms with Crippen molar-refractivity contribution in [1.29, 1.82) is 0 Å². The van der Waals surface area contributed by atoms with E-state index in [0.717, 1.165) is 0 Å². The maximum absolute atomic E-state index is 12.2. The average molecular weight is 128 g/mol. The summed E-state index contributed by atoms with van der Waals surface area (Å²) in [7, 11) is 1.55. The van der Waals surface area contributed by atoms with E-state index in [1.807, 2.05) is 0 Å². The zero-order valence-electron chi connectivity index (χ0n) is 4.84. The molecule has 0 amide bonds. The molecule has 0 saturated carbocycles. The molecular weight excluding hydrogens is 123 g/mol. The van der Waals surface area contributed by atoms with Crippen molar-refractivity contribution in [2.45, 2.75) is 0 Å². The van der Waals surface area contributed by atoms with E-state index in [1.54, 1.807) is 7.05 Å². The lowest BCUT2D eigenvalue weighted by atomic mass is 10.4. The minimum atomic E-state index is -0.715. The second-order valence-corrected chi connectivity index (χ2v) is 1.67. The average Bonchev–Trinajstić information content (AvgIpc) is 2.10. The molecule has 9 heavy (non-hydrogen) atoms. The minimum Gasteiger partial charge on any atom is -0.298 e. The predicted octanol–water partition coefficient (Wildman–Crippen LogP) is 0.372. The van der Waals surface area contributed by atoms with E-state index >= 15 is 0 Å². The Hall–Kier alpha value is -1.19. The number of carbonyl (C=O) groups excluding carboxylic acids is 1. The first-order valence-electron chi connectivity index (χ1n) is 2.38. The fourth-order valence-corrected chi connectivity index (χ4v) is 0.559. The maximum Gasteiger partial charge on any atom is 0.243 e. The van der Waals surface area contributed by atoms with Gasteiger partial charge in [0.2, 0.25) is 5.95 Å². The summed E-state index contributed by atoms with van der Waals surface area (Å²) in [6.07, 6.45) is 1.75. The van der Waals surface area contributed by atoms with Gasteiger partial charge in [0, 0.05) is 13.2 Å². The molecule has 0 unspecified atom stereocenters. The summed E-state index contributed by atoms with van der Waals surface area (Å²) in [5.41, 5.74) is -0.00231. The SMILES string of the molecule is Cn1cc(C=O)c(F)n1. The molecule has 1 heterocycles. The summed E-state index contributed by atoms with van der Waals surface area (Å²) in [4.78, 5) is 9.95. The lowest BCUT2D eigenvalue weighted by molar-refractivity contribution is 0.112. The van der Waals surface area contributed by atoms with E-state index in [2.05, 4.69) is 5.10 Å². The van der Waals surface area contributed by atoms with Crippen molar-refractivity contribution >= 4 is 6.29 Å². The molecule has 0 fully saturated rings. The summed E-state index contributed by atoms with van der Waals surface area (Å²) in [5, 5.41) is 3.30. The number of halogens is 1. The van der Waals surface area contributed by atoms with Crippen molar-refractivity contribution in [1.82, 2.24) is 9.78 Å². The molecule has 0 aliphatic carbocycles. The summed E-state index contributed by atoms with van der Waals surface area (Å²) >= 11 is 0. The normalized spacial score (nSPS) is 9.56. The highest BCUT2D eigenvalue weighted by molar-refractivity contribution is 5.73. The molecule has 0 spiro atoms. The van der Waals surface area contributed by atoms with Crippen molar-refractivity contribution in [3.63, 3.8) is 0 Å². The smallest absolute Gasteiger partial charge is 0.243 e. The first-order valence-corrected chi connectivity index (χ1v) is 2.38. The zero-order valence-corrected chi connectivity index (χ0v) is 4.84. The third-order valence-electron chi connectivity index (χ3n) is 0.937. The Kier molecular flexibility index (Phi) is 1.30. The van der Waals surface area contributed by atoms with Crippen molar-refractivity contribution in [2.75, 3.05) is 0 Å². The fraction of sp³-hybridized carbons (Fsp3) is 0.200. The Bertz CT molecular complexity index is 231. The van der Waals surface area contributed by atoms with Crippen molar-refractivity contribution in [2.24, 2.45) is 7.05 Å². The third-order valence-corrected chi connectivity index (χ3v) is 0.937. The van der Waals surface area contributed by atoms with Gasteiger partial charge in [0.1, 0.15) is 0 Å². The van der Waals surface area contributed by atoms with Gasteiger partial charge in [0.05, 0.1) is 5.56 Å². The van der Waals surface area contributed by atoms with Crippen LogP contribution in [0, 0.1) is 5.95 Å². The van der Waals surface area contributed by atoms with Gasteiger partial charge in [0.15, 0.2) is 6.29 Å². The van der Waals surface area contributed by atoms with Crippen LogP contribution in [-0.2, 0) is 7.05 Å². The highest BCUT2D eigenvalue weighted by Crippen LogP contribution is 1.98.